The van der Waals surface area contributed by atoms with Gasteiger partial charge in [0.05, 0.1) is 0 Å². The van der Waals surface area contributed by atoms with Crippen molar-refractivity contribution >= 4 is 39.3 Å². The summed E-state index contributed by atoms with van der Waals surface area (Å²) in [5, 5.41) is 8.83. The quantitative estimate of drug-likeness (QED) is 0.539. The number of halogens is 2. The van der Waals surface area contributed by atoms with Crippen LogP contribution in [-0.4, -0.2) is 5.17 Å². The summed E-state index contributed by atoms with van der Waals surface area (Å²) in [6.07, 6.45) is 0. The van der Waals surface area contributed by atoms with Gasteiger partial charge in [0.2, 0.25) is 0 Å². The number of hydrogen-bond acceptors (Lipinski definition) is 1. The maximum Gasteiger partial charge on any atom is 0.300 e. The first-order chi connectivity index (χ1) is 7.68. The molecule has 0 heterocycles. The Morgan fingerprint density at radius 2 is 1.82 bits per heavy atom. The molecular formula is C12H12Cl2N2S. The maximum absolute atomic E-state index is 6.13. The number of fused-ring (bicyclic) bond motifs is 1. The Hall–Kier alpha value is -0.900. The van der Waals surface area contributed by atoms with Crippen molar-refractivity contribution in [1.82, 2.24) is 0 Å². The number of benzene rings is 2. The summed E-state index contributed by atoms with van der Waals surface area (Å²) in [5.74, 6) is 0.764. The van der Waals surface area contributed by atoms with Gasteiger partial charge in [-0.2, -0.15) is 0 Å². The zero-order valence-electron chi connectivity index (χ0n) is 8.99. The monoisotopic (exact) mass is 286 g/mol. The molecule has 0 aliphatic rings. The fourth-order valence-corrected chi connectivity index (χ4v) is 2.41. The lowest BCUT2D eigenvalue weighted by molar-refractivity contribution is -0.110. The van der Waals surface area contributed by atoms with Crippen molar-refractivity contribution in [2.24, 2.45) is 5.73 Å². The number of hydrogen-bond donors (Lipinski definition) is 2. The average molecular weight is 287 g/mol. The van der Waals surface area contributed by atoms with E-state index in [-0.39, 0.29) is 12.4 Å². The van der Waals surface area contributed by atoms with Gasteiger partial charge < -0.3 is 12.4 Å². The highest BCUT2D eigenvalue weighted by Crippen LogP contribution is 2.28. The van der Waals surface area contributed by atoms with E-state index in [2.05, 4.69) is 6.07 Å². The van der Waals surface area contributed by atoms with Crippen molar-refractivity contribution in [2.75, 3.05) is 0 Å². The van der Waals surface area contributed by atoms with E-state index in [1.807, 2.05) is 30.3 Å². The highest BCUT2D eigenvalue weighted by Gasteiger charge is 2.05. The molecule has 0 spiro atoms. The van der Waals surface area contributed by atoms with Gasteiger partial charge in [0.1, 0.15) is 0 Å². The zero-order chi connectivity index (χ0) is 11.5. The molecule has 5 heteroatoms. The molecule has 2 rings (SSSR count). The van der Waals surface area contributed by atoms with Crippen LogP contribution in [-0.2, 0) is 5.75 Å². The van der Waals surface area contributed by atoms with Gasteiger partial charge in [0.25, 0.3) is 5.17 Å². The Balaban J connectivity index is 0.00000144. The lowest BCUT2D eigenvalue weighted by Crippen LogP contribution is -3.00. The summed E-state index contributed by atoms with van der Waals surface area (Å²) < 4.78 is 0. The third kappa shape index (κ3) is 3.28. The lowest BCUT2D eigenvalue weighted by Gasteiger charge is -2.06. The van der Waals surface area contributed by atoms with E-state index in [4.69, 9.17) is 22.7 Å². The van der Waals surface area contributed by atoms with Crippen LogP contribution in [0.5, 0.6) is 0 Å². The summed E-state index contributed by atoms with van der Waals surface area (Å²) in [4.78, 5) is 0. The fraction of sp³-hybridized carbons (Fsp3) is 0.0833. The largest absolute Gasteiger partial charge is 1.00 e. The Morgan fingerprint density at radius 1 is 1.18 bits per heavy atom. The number of amidine groups is 1. The third-order valence-electron chi connectivity index (χ3n) is 2.36. The molecule has 0 fully saturated rings. The van der Waals surface area contributed by atoms with Gasteiger partial charge in [-0.25, -0.2) is 0 Å². The molecule has 0 radical (unpaired) electrons. The lowest BCUT2D eigenvalue weighted by atomic mass is 10.1. The van der Waals surface area contributed by atoms with E-state index in [0.717, 1.165) is 21.5 Å². The predicted molar refractivity (Wildman–Crippen MR) is 71.4 cm³/mol. The molecule has 2 aromatic carbocycles. The van der Waals surface area contributed by atoms with Gasteiger partial charge in [-0.15, -0.1) is 0 Å². The molecule has 0 aromatic heterocycles. The molecule has 0 aliphatic heterocycles. The molecule has 4 N–H and O–H groups in total. The van der Waals surface area contributed by atoms with Crippen LogP contribution >= 0.6 is 23.4 Å². The van der Waals surface area contributed by atoms with Gasteiger partial charge in [-0.3, -0.25) is 11.1 Å². The molecule has 0 aliphatic carbocycles. The van der Waals surface area contributed by atoms with Gasteiger partial charge in [-0.05, 0) is 28.8 Å². The summed E-state index contributed by atoms with van der Waals surface area (Å²) in [5.41, 5.74) is 6.64. The molecule has 2 aromatic rings. The first kappa shape index (κ1) is 14.2. The number of nitrogens with two attached hydrogens (primary N) is 2. The van der Waals surface area contributed by atoms with Crippen LogP contribution in [0, 0.1) is 0 Å². The second-order valence-corrected chi connectivity index (χ2v) is 4.90. The second-order valence-electron chi connectivity index (χ2n) is 3.44. The minimum absolute atomic E-state index is 0. The maximum atomic E-state index is 6.13. The molecule has 0 saturated heterocycles. The summed E-state index contributed by atoms with van der Waals surface area (Å²) in [7, 11) is 0. The van der Waals surface area contributed by atoms with Crippen LogP contribution < -0.4 is 23.5 Å². The van der Waals surface area contributed by atoms with E-state index < -0.39 is 0 Å². The van der Waals surface area contributed by atoms with Crippen LogP contribution in [0.2, 0.25) is 5.02 Å². The predicted octanol–water partition coefficient (Wildman–Crippen LogP) is -1.20. The number of thioether (sulfide) groups is 1. The van der Waals surface area contributed by atoms with Crippen LogP contribution in [0.25, 0.3) is 10.8 Å². The number of rotatable bonds is 2. The molecule has 0 atom stereocenters. The Bertz CT molecular complexity index is 543. The van der Waals surface area contributed by atoms with Crippen molar-refractivity contribution < 1.29 is 17.8 Å². The Kier molecular flexibility index (Phi) is 5.12. The molecule has 0 saturated carbocycles. The van der Waals surface area contributed by atoms with Crippen molar-refractivity contribution in [3.8, 4) is 0 Å². The molecule has 17 heavy (non-hydrogen) atoms. The topological polar surface area (TPSA) is 51.6 Å². The van der Waals surface area contributed by atoms with Crippen LogP contribution in [0.4, 0.5) is 0 Å². The van der Waals surface area contributed by atoms with E-state index in [9.17, 15) is 0 Å². The third-order valence-corrected chi connectivity index (χ3v) is 3.47. The van der Waals surface area contributed by atoms with Crippen molar-refractivity contribution in [1.29, 1.82) is 0 Å². The standard InChI is InChI=1S/C12H11ClN2S.ClH/c13-11-6-5-8(7-16-12(14)15)9-3-1-2-4-10(9)11;/h1-6H,7H2,(H3,14,15);1H. The smallest absolute Gasteiger partial charge is 0.300 e. The first-order valence-electron chi connectivity index (χ1n) is 4.85. The summed E-state index contributed by atoms with van der Waals surface area (Å²) in [6, 6.07) is 12.0. The minimum Gasteiger partial charge on any atom is -1.00 e. The Labute approximate surface area is 115 Å². The molecule has 2 nitrogen and oxygen atoms in total. The van der Waals surface area contributed by atoms with Crippen molar-refractivity contribution in [3.63, 3.8) is 0 Å². The fourth-order valence-electron chi connectivity index (χ4n) is 1.61. The average Bonchev–Trinajstić information content (AvgIpc) is 2.28. The van der Waals surface area contributed by atoms with Gasteiger partial charge in [0.15, 0.2) is 0 Å². The van der Waals surface area contributed by atoms with E-state index in [0.29, 0.717) is 5.17 Å². The summed E-state index contributed by atoms with van der Waals surface area (Å²) >= 11 is 7.56. The summed E-state index contributed by atoms with van der Waals surface area (Å²) in [6.45, 7) is 0. The molecular weight excluding hydrogens is 275 g/mol. The van der Waals surface area contributed by atoms with Gasteiger partial charge >= 0.3 is 0 Å². The van der Waals surface area contributed by atoms with Crippen molar-refractivity contribution in [3.05, 3.63) is 47.0 Å². The van der Waals surface area contributed by atoms with Crippen LogP contribution in [0.15, 0.2) is 36.4 Å². The van der Waals surface area contributed by atoms with E-state index in [1.54, 1.807) is 0 Å². The van der Waals surface area contributed by atoms with Crippen LogP contribution in [0.1, 0.15) is 5.56 Å². The molecule has 90 valence electrons. The van der Waals surface area contributed by atoms with Gasteiger partial charge in [-0.1, -0.05) is 41.9 Å². The SMILES string of the molecule is NC(=[NH2+])SCc1ccc(Cl)c2ccccc12.[Cl-]. The van der Waals surface area contributed by atoms with E-state index in [1.165, 1.54) is 17.3 Å². The normalized spacial score (nSPS) is 9.94. The Morgan fingerprint density at radius 3 is 2.47 bits per heavy atom. The molecule has 0 bridgehead atoms. The first-order valence-corrected chi connectivity index (χ1v) is 6.21. The van der Waals surface area contributed by atoms with Gasteiger partial charge in [0, 0.05) is 16.2 Å². The highest BCUT2D eigenvalue weighted by molar-refractivity contribution is 8.12. The van der Waals surface area contributed by atoms with E-state index >= 15 is 0 Å². The zero-order valence-corrected chi connectivity index (χ0v) is 11.3. The molecule has 0 unspecified atom stereocenters. The highest BCUT2D eigenvalue weighted by atomic mass is 35.5. The van der Waals surface area contributed by atoms with Crippen LogP contribution in [0.3, 0.4) is 0 Å². The van der Waals surface area contributed by atoms with Crippen molar-refractivity contribution in [2.45, 2.75) is 5.75 Å². The minimum atomic E-state index is 0. The molecule has 0 amide bonds. The second kappa shape index (κ2) is 6.15.